The summed E-state index contributed by atoms with van der Waals surface area (Å²) >= 11 is 3.36. The molecule has 0 unspecified atom stereocenters. The van der Waals surface area contributed by atoms with Gasteiger partial charge in [-0.05, 0) is 12.1 Å². The number of alkyl halides is 1. The monoisotopic (exact) mass is 345 g/mol. The molecule has 0 spiro atoms. The van der Waals surface area contributed by atoms with E-state index in [9.17, 15) is 4.79 Å². The van der Waals surface area contributed by atoms with E-state index in [2.05, 4.69) is 15.9 Å². The SMILES string of the molecule is COCCN(CCBr)C(=O)c1ccc(OC)cc1OC. The summed E-state index contributed by atoms with van der Waals surface area (Å²) in [6.45, 7) is 1.64. The lowest BCUT2D eigenvalue weighted by molar-refractivity contribution is 0.0705. The predicted molar refractivity (Wildman–Crippen MR) is 81.1 cm³/mol. The summed E-state index contributed by atoms with van der Waals surface area (Å²) in [5.74, 6) is 1.08. The largest absolute Gasteiger partial charge is 0.497 e. The molecular formula is C14H20BrNO4. The smallest absolute Gasteiger partial charge is 0.257 e. The van der Waals surface area contributed by atoms with E-state index in [-0.39, 0.29) is 5.91 Å². The number of amides is 1. The van der Waals surface area contributed by atoms with Crippen LogP contribution < -0.4 is 9.47 Å². The molecule has 0 aromatic heterocycles. The number of halogens is 1. The zero-order valence-corrected chi connectivity index (χ0v) is 13.6. The van der Waals surface area contributed by atoms with Gasteiger partial charge in [-0.1, -0.05) is 15.9 Å². The molecule has 0 aliphatic carbocycles. The van der Waals surface area contributed by atoms with Gasteiger partial charge in [0, 0.05) is 31.6 Å². The van der Waals surface area contributed by atoms with Crippen LogP contribution in [-0.2, 0) is 4.74 Å². The molecule has 0 aliphatic heterocycles. The maximum atomic E-state index is 12.5. The van der Waals surface area contributed by atoms with Crippen molar-refractivity contribution in [2.24, 2.45) is 0 Å². The van der Waals surface area contributed by atoms with Gasteiger partial charge in [0.2, 0.25) is 0 Å². The highest BCUT2D eigenvalue weighted by molar-refractivity contribution is 9.09. The summed E-state index contributed by atoms with van der Waals surface area (Å²) in [7, 11) is 4.73. The van der Waals surface area contributed by atoms with Gasteiger partial charge in [-0.3, -0.25) is 4.79 Å². The van der Waals surface area contributed by atoms with E-state index in [1.54, 1.807) is 37.3 Å². The number of methoxy groups -OCH3 is 3. The molecule has 0 atom stereocenters. The van der Waals surface area contributed by atoms with Crippen LogP contribution in [0.1, 0.15) is 10.4 Å². The summed E-state index contributed by atoms with van der Waals surface area (Å²) < 4.78 is 15.4. The first kappa shape index (κ1) is 16.8. The molecule has 20 heavy (non-hydrogen) atoms. The van der Waals surface area contributed by atoms with Crippen molar-refractivity contribution in [1.82, 2.24) is 4.90 Å². The second-order valence-electron chi connectivity index (χ2n) is 4.04. The predicted octanol–water partition coefficient (Wildman–Crippen LogP) is 2.19. The van der Waals surface area contributed by atoms with Gasteiger partial charge in [-0.2, -0.15) is 0 Å². The van der Waals surface area contributed by atoms with E-state index in [0.717, 1.165) is 0 Å². The Morgan fingerprint density at radius 3 is 2.50 bits per heavy atom. The molecule has 0 bridgehead atoms. The van der Waals surface area contributed by atoms with E-state index in [1.165, 1.54) is 7.11 Å². The number of ether oxygens (including phenoxy) is 3. The van der Waals surface area contributed by atoms with Crippen LogP contribution >= 0.6 is 15.9 Å². The minimum atomic E-state index is -0.0824. The minimum absolute atomic E-state index is 0.0824. The fourth-order valence-electron chi connectivity index (χ4n) is 1.76. The normalized spacial score (nSPS) is 10.2. The highest BCUT2D eigenvalue weighted by atomic mass is 79.9. The summed E-state index contributed by atoms with van der Waals surface area (Å²) in [5.41, 5.74) is 0.519. The van der Waals surface area contributed by atoms with Gasteiger partial charge in [0.25, 0.3) is 5.91 Å². The maximum absolute atomic E-state index is 12.5. The first-order valence-electron chi connectivity index (χ1n) is 6.24. The molecule has 0 heterocycles. The lowest BCUT2D eigenvalue weighted by atomic mass is 10.1. The Morgan fingerprint density at radius 1 is 1.20 bits per heavy atom. The molecule has 0 N–H and O–H groups in total. The summed E-state index contributed by atoms with van der Waals surface area (Å²) in [6, 6.07) is 5.17. The summed E-state index contributed by atoms with van der Waals surface area (Å²) in [4.78, 5) is 14.3. The first-order chi connectivity index (χ1) is 9.67. The van der Waals surface area contributed by atoms with E-state index in [1.807, 2.05) is 0 Å². The van der Waals surface area contributed by atoms with Crippen LogP contribution in [0.25, 0.3) is 0 Å². The number of hydrogen-bond donors (Lipinski definition) is 0. The number of benzene rings is 1. The van der Waals surface area contributed by atoms with Crippen molar-refractivity contribution in [3.63, 3.8) is 0 Å². The van der Waals surface area contributed by atoms with Crippen LogP contribution in [0.2, 0.25) is 0 Å². The summed E-state index contributed by atoms with van der Waals surface area (Å²) in [6.07, 6.45) is 0. The third-order valence-corrected chi connectivity index (χ3v) is 3.20. The fraction of sp³-hybridized carbons (Fsp3) is 0.500. The van der Waals surface area contributed by atoms with Crippen molar-refractivity contribution in [3.8, 4) is 11.5 Å². The molecule has 0 saturated heterocycles. The Bertz CT molecular complexity index is 439. The Morgan fingerprint density at radius 2 is 1.95 bits per heavy atom. The van der Waals surface area contributed by atoms with Gasteiger partial charge in [-0.15, -0.1) is 0 Å². The number of carbonyl (C=O) groups excluding carboxylic acids is 1. The van der Waals surface area contributed by atoms with Crippen molar-refractivity contribution in [3.05, 3.63) is 23.8 Å². The van der Waals surface area contributed by atoms with Gasteiger partial charge in [0.05, 0.1) is 26.4 Å². The van der Waals surface area contributed by atoms with E-state index < -0.39 is 0 Å². The number of rotatable bonds is 8. The Labute approximate surface area is 127 Å². The molecule has 1 amide bonds. The van der Waals surface area contributed by atoms with Crippen molar-refractivity contribution >= 4 is 21.8 Å². The number of hydrogen-bond acceptors (Lipinski definition) is 4. The molecule has 0 fully saturated rings. The van der Waals surface area contributed by atoms with Crippen LogP contribution in [0.4, 0.5) is 0 Å². The van der Waals surface area contributed by atoms with Crippen LogP contribution in [0.3, 0.4) is 0 Å². The van der Waals surface area contributed by atoms with Crippen molar-refractivity contribution < 1.29 is 19.0 Å². The highest BCUT2D eigenvalue weighted by Crippen LogP contribution is 2.25. The highest BCUT2D eigenvalue weighted by Gasteiger charge is 2.19. The van der Waals surface area contributed by atoms with Gasteiger partial charge >= 0.3 is 0 Å². The molecule has 5 nitrogen and oxygen atoms in total. The second kappa shape index (κ2) is 8.81. The van der Waals surface area contributed by atoms with E-state index >= 15 is 0 Å². The van der Waals surface area contributed by atoms with E-state index in [4.69, 9.17) is 14.2 Å². The molecule has 0 aliphatic rings. The zero-order chi connectivity index (χ0) is 15.0. The minimum Gasteiger partial charge on any atom is -0.497 e. The molecule has 1 rings (SSSR count). The van der Waals surface area contributed by atoms with Crippen LogP contribution in [0.15, 0.2) is 18.2 Å². The molecule has 0 radical (unpaired) electrons. The lowest BCUT2D eigenvalue weighted by Crippen LogP contribution is -2.35. The third-order valence-electron chi connectivity index (χ3n) is 2.85. The van der Waals surface area contributed by atoms with Gasteiger partial charge in [0.15, 0.2) is 0 Å². The summed E-state index contributed by atoms with van der Waals surface area (Å²) in [5, 5.41) is 0.709. The quantitative estimate of drug-likeness (QED) is 0.677. The van der Waals surface area contributed by atoms with Crippen molar-refractivity contribution in [2.75, 3.05) is 46.4 Å². The third kappa shape index (κ3) is 4.38. The maximum Gasteiger partial charge on any atom is 0.257 e. The Kier molecular flexibility index (Phi) is 7.40. The van der Waals surface area contributed by atoms with Crippen LogP contribution in [-0.4, -0.2) is 57.2 Å². The van der Waals surface area contributed by atoms with Gasteiger partial charge in [-0.25, -0.2) is 0 Å². The number of carbonyl (C=O) groups is 1. The standard InChI is InChI=1S/C14H20BrNO4/c1-18-9-8-16(7-6-15)14(17)12-5-4-11(19-2)10-13(12)20-3/h4-5,10H,6-9H2,1-3H3. The van der Waals surface area contributed by atoms with Gasteiger partial charge in [0.1, 0.15) is 11.5 Å². The molecule has 6 heteroatoms. The van der Waals surface area contributed by atoms with E-state index in [0.29, 0.717) is 42.1 Å². The topological polar surface area (TPSA) is 48.0 Å². The molecule has 112 valence electrons. The average molecular weight is 346 g/mol. The molecular weight excluding hydrogens is 326 g/mol. The molecule has 1 aromatic rings. The van der Waals surface area contributed by atoms with Crippen LogP contribution in [0, 0.1) is 0 Å². The zero-order valence-electron chi connectivity index (χ0n) is 12.0. The first-order valence-corrected chi connectivity index (χ1v) is 7.36. The molecule has 1 aromatic carbocycles. The molecule has 0 saturated carbocycles. The average Bonchev–Trinajstić information content (AvgIpc) is 2.50. The number of nitrogens with zero attached hydrogens (tertiary/aromatic N) is 1. The van der Waals surface area contributed by atoms with Crippen molar-refractivity contribution in [1.29, 1.82) is 0 Å². The van der Waals surface area contributed by atoms with Crippen molar-refractivity contribution in [2.45, 2.75) is 0 Å². The fourth-order valence-corrected chi connectivity index (χ4v) is 2.19. The Balaban J connectivity index is 2.97. The lowest BCUT2D eigenvalue weighted by Gasteiger charge is -2.22. The second-order valence-corrected chi connectivity index (χ2v) is 4.83. The Hall–Kier alpha value is -1.27. The van der Waals surface area contributed by atoms with Gasteiger partial charge < -0.3 is 19.1 Å². The van der Waals surface area contributed by atoms with Crippen LogP contribution in [0.5, 0.6) is 11.5 Å².